The lowest BCUT2D eigenvalue weighted by Gasteiger charge is -2.03. The number of carboxylic acids is 1. The Morgan fingerprint density at radius 2 is 0.920 bits per heavy atom. The third-order valence-electron chi connectivity index (χ3n) is 4.73. The van der Waals surface area contributed by atoms with Crippen LogP contribution in [0, 0.1) is 0 Å². The molecule has 0 aliphatic carbocycles. The van der Waals surface area contributed by atoms with Gasteiger partial charge in [0.1, 0.15) is 0 Å². The van der Waals surface area contributed by atoms with Crippen LogP contribution in [-0.4, -0.2) is 23.7 Å². The molecule has 0 amide bonds. The van der Waals surface area contributed by atoms with E-state index in [4.69, 9.17) is 5.11 Å². The normalized spacial score (nSPS) is 10.6. The summed E-state index contributed by atoms with van der Waals surface area (Å²) in [7, 11) is 0. The first-order valence-electron chi connectivity index (χ1n) is 10.5. The van der Waals surface area contributed by atoms with Crippen molar-refractivity contribution in [1.82, 2.24) is 0 Å². The van der Waals surface area contributed by atoms with E-state index >= 15 is 0 Å². The van der Waals surface area contributed by atoms with Gasteiger partial charge in [-0.3, -0.25) is 4.79 Å². The third-order valence-corrected chi connectivity index (χ3v) is 4.73. The van der Waals surface area contributed by atoms with Crippen LogP contribution in [0.3, 0.4) is 0 Å². The predicted molar refractivity (Wildman–Crippen MR) is 104 cm³/mol. The first-order chi connectivity index (χ1) is 12.3. The molecule has 0 aromatic carbocycles. The van der Waals surface area contributed by atoms with Crippen LogP contribution in [0.4, 0.5) is 0 Å². The molecule has 0 aliphatic heterocycles. The maximum Gasteiger partial charge on any atom is 0.303 e. The van der Waals surface area contributed by atoms with E-state index in [2.05, 4.69) is 4.99 Å². The fraction of sp³-hybridized carbons (Fsp3) is 0.905. The van der Waals surface area contributed by atoms with E-state index in [9.17, 15) is 9.59 Å². The summed E-state index contributed by atoms with van der Waals surface area (Å²) >= 11 is 0. The highest BCUT2D eigenvalue weighted by Gasteiger charge is 1.97. The van der Waals surface area contributed by atoms with E-state index in [1.165, 1.54) is 89.9 Å². The number of hydrogen-bond donors (Lipinski definition) is 1. The second kappa shape index (κ2) is 20.9. The van der Waals surface area contributed by atoms with Crippen LogP contribution in [-0.2, 0) is 9.59 Å². The van der Waals surface area contributed by atoms with E-state index in [1.807, 2.05) is 0 Å². The number of carboxylic acid groups (broad SMARTS) is 1. The summed E-state index contributed by atoms with van der Waals surface area (Å²) in [6, 6.07) is 0. The molecule has 0 fully saturated rings. The van der Waals surface area contributed by atoms with Gasteiger partial charge in [-0.15, -0.1) is 0 Å². The van der Waals surface area contributed by atoms with Crippen molar-refractivity contribution in [3.8, 4) is 0 Å². The number of carbonyl (C=O) groups excluding carboxylic acids is 1. The monoisotopic (exact) mass is 353 g/mol. The lowest BCUT2D eigenvalue weighted by molar-refractivity contribution is -0.137. The summed E-state index contributed by atoms with van der Waals surface area (Å²) in [6.45, 7) is 0.647. The SMILES string of the molecule is O=C=NCCCCCCCCCCCCCCCCCCCC(=O)O. The Kier molecular flexibility index (Phi) is 19.9. The molecule has 0 unspecified atom stereocenters. The van der Waals surface area contributed by atoms with E-state index in [1.54, 1.807) is 6.08 Å². The zero-order valence-corrected chi connectivity index (χ0v) is 16.1. The Balaban J connectivity index is 3.00. The average molecular weight is 354 g/mol. The van der Waals surface area contributed by atoms with Crippen LogP contribution in [0.25, 0.3) is 0 Å². The summed E-state index contributed by atoms with van der Waals surface area (Å²) in [5.74, 6) is -0.665. The minimum Gasteiger partial charge on any atom is -0.481 e. The van der Waals surface area contributed by atoms with Crippen molar-refractivity contribution in [2.45, 2.75) is 116 Å². The van der Waals surface area contributed by atoms with Crippen LogP contribution < -0.4 is 0 Å². The largest absolute Gasteiger partial charge is 0.481 e. The van der Waals surface area contributed by atoms with Crippen molar-refractivity contribution in [3.05, 3.63) is 0 Å². The van der Waals surface area contributed by atoms with E-state index in [-0.39, 0.29) is 0 Å². The first kappa shape index (κ1) is 23.9. The van der Waals surface area contributed by atoms with Crippen molar-refractivity contribution in [2.75, 3.05) is 6.54 Å². The van der Waals surface area contributed by atoms with E-state index in [0.717, 1.165) is 19.3 Å². The van der Waals surface area contributed by atoms with Crippen molar-refractivity contribution in [1.29, 1.82) is 0 Å². The highest BCUT2D eigenvalue weighted by atomic mass is 16.4. The van der Waals surface area contributed by atoms with Gasteiger partial charge in [-0.1, -0.05) is 96.3 Å². The molecule has 0 aromatic heterocycles. The molecule has 0 aliphatic rings. The Hall–Kier alpha value is -1.15. The Bertz CT molecular complexity index is 320. The second-order valence-corrected chi connectivity index (χ2v) is 7.13. The maximum atomic E-state index is 10.4. The summed E-state index contributed by atoms with van der Waals surface area (Å²) < 4.78 is 0. The predicted octanol–water partition coefficient (Wildman–Crippen LogP) is 6.43. The van der Waals surface area contributed by atoms with Gasteiger partial charge in [-0.25, -0.2) is 9.79 Å². The topological polar surface area (TPSA) is 66.7 Å². The van der Waals surface area contributed by atoms with Crippen molar-refractivity contribution in [2.24, 2.45) is 4.99 Å². The van der Waals surface area contributed by atoms with E-state index < -0.39 is 5.97 Å². The summed E-state index contributed by atoms with van der Waals surface area (Å²) in [4.78, 5) is 23.8. The van der Waals surface area contributed by atoms with Crippen LogP contribution in [0.1, 0.15) is 116 Å². The summed E-state index contributed by atoms with van der Waals surface area (Å²) in [6.07, 6.45) is 23.3. The molecule has 0 saturated heterocycles. The highest BCUT2D eigenvalue weighted by Crippen LogP contribution is 2.14. The zero-order valence-electron chi connectivity index (χ0n) is 16.1. The standard InChI is InChI=1S/C21H39NO3/c23-20-22-19-17-15-13-11-9-7-5-3-1-2-4-6-8-10-12-14-16-18-21(24)25/h1-19H2,(H,24,25). The Labute approximate surface area is 154 Å². The van der Waals surface area contributed by atoms with Gasteiger partial charge in [-0.2, -0.15) is 0 Å². The van der Waals surface area contributed by atoms with Gasteiger partial charge < -0.3 is 5.11 Å². The number of carbonyl (C=O) groups is 1. The smallest absolute Gasteiger partial charge is 0.303 e. The molecule has 0 saturated carbocycles. The molecule has 0 bridgehead atoms. The van der Waals surface area contributed by atoms with Gasteiger partial charge in [0.25, 0.3) is 0 Å². The summed E-state index contributed by atoms with van der Waals surface area (Å²) in [5.41, 5.74) is 0. The average Bonchev–Trinajstić information content (AvgIpc) is 2.60. The molecule has 25 heavy (non-hydrogen) atoms. The molecule has 0 atom stereocenters. The van der Waals surface area contributed by atoms with Gasteiger partial charge in [0.15, 0.2) is 0 Å². The zero-order chi connectivity index (χ0) is 18.4. The van der Waals surface area contributed by atoms with Crippen molar-refractivity contribution < 1.29 is 14.7 Å². The van der Waals surface area contributed by atoms with Crippen LogP contribution in [0.2, 0.25) is 0 Å². The lowest BCUT2D eigenvalue weighted by Crippen LogP contribution is -1.93. The van der Waals surface area contributed by atoms with Gasteiger partial charge in [0, 0.05) is 6.42 Å². The minimum atomic E-state index is -0.665. The number of isocyanates is 1. The van der Waals surface area contributed by atoms with Gasteiger partial charge >= 0.3 is 5.97 Å². The third kappa shape index (κ3) is 22.9. The quantitative estimate of drug-likeness (QED) is 0.156. The number of unbranched alkanes of at least 4 members (excludes halogenated alkanes) is 16. The van der Waals surface area contributed by atoms with Gasteiger partial charge in [0.2, 0.25) is 6.08 Å². The molecular weight excluding hydrogens is 314 g/mol. The van der Waals surface area contributed by atoms with E-state index in [0.29, 0.717) is 13.0 Å². The number of rotatable bonds is 20. The molecule has 4 heteroatoms. The van der Waals surface area contributed by atoms with Gasteiger partial charge in [-0.05, 0) is 12.8 Å². The molecular formula is C21H39NO3. The maximum absolute atomic E-state index is 10.4. The van der Waals surface area contributed by atoms with Crippen LogP contribution >= 0.6 is 0 Å². The fourth-order valence-corrected chi connectivity index (χ4v) is 3.16. The number of aliphatic carboxylic acids is 1. The molecule has 146 valence electrons. The molecule has 4 nitrogen and oxygen atoms in total. The number of nitrogens with zero attached hydrogens (tertiary/aromatic N) is 1. The van der Waals surface area contributed by atoms with Crippen LogP contribution in [0.5, 0.6) is 0 Å². The van der Waals surface area contributed by atoms with Gasteiger partial charge in [0.05, 0.1) is 6.54 Å². The number of hydrogen-bond acceptors (Lipinski definition) is 3. The minimum absolute atomic E-state index is 0.330. The number of aliphatic imine (C=N–C) groups is 1. The first-order valence-corrected chi connectivity index (χ1v) is 10.5. The van der Waals surface area contributed by atoms with Crippen molar-refractivity contribution in [3.63, 3.8) is 0 Å². The van der Waals surface area contributed by atoms with Crippen LogP contribution in [0.15, 0.2) is 4.99 Å². The van der Waals surface area contributed by atoms with Crippen molar-refractivity contribution >= 4 is 12.0 Å². The Morgan fingerprint density at radius 1 is 0.600 bits per heavy atom. The Morgan fingerprint density at radius 3 is 1.24 bits per heavy atom. The second-order valence-electron chi connectivity index (χ2n) is 7.13. The molecule has 0 rings (SSSR count). The fourth-order valence-electron chi connectivity index (χ4n) is 3.16. The molecule has 1 N–H and O–H groups in total. The molecule has 0 aromatic rings. The molecule has 0 radical (unpaired) electrons. The molecule has 0 heterocycles. The summed E-state index contributed by atoms with van der Waals surface area (Å²) in [5, 5.41) is 8.55. The molecule has 0 spiro atoms. The lowest BCUT2D eigenvalue weighted by atomic mass is 10.0. The highest BCUT2D eigenvalue weighted by molar-refractivity contribution is 5.66.